The summed E-state index contributed by atoms with van der Waals surface area (Å²) in [7, 11) is 0.789. The number of carbonyl (C=O) groups excluding carboxylic acids is 1. The van der Waals surface area contributed by atoms with E-state index >= 15 is 0 Å². The van der Waals surface area contributed by atoms with Crippen LogP contribution in [0.25, 0.3) is 0 Å². The van der Waals surface area contributed by atoms with Crippen molar-refractivity contribution in [2.45, 2.75) is 26.4 Å². The van der Waals surface area contributed by atoms with Gasteiger partial charge in [0.1, 0.15) is 0 Å². The fraction of sp³-hybridized carbons (Fsp3) is 0.800. The first-order valence-electron chi connectivity index (χ1n) is 2.87. The van der Waals surface area contributed by atoms with E-state index in [0.29, 0.717) is 0 Å². The average molecular weight is 198 g/mol. The number of carbonyl (C=O) groups is 1. The number of ether oxygens (including phenoxy) is 1. The fourth-order valence-corrected chi connectivity index (χ4v) is 0.690. The van der Waals surface area contributed by atoms with Crippen molar-refractivity contribution >= 4 is 22.1 Å². The van der Waals surface area contributed by atoms with E-state index in [-0.39, 0.29) is 0 Å². The molecule has 1 atom stereocenters. The molecule has 11 heavy (non-hydrogen) atoms. The Balaban J connectivity index is 3.83. The monoisotopic (exact) mass is 198 g/mol. The summed E-state index contributed by atoms with van der Waals surface area (Å²) in [5.74, 6) is 0. The molecule has 0 aliphatic carbocycles. The van der Waals surface area contributed by atoms with Gasteiger partial charge in [0, 0.05) is 0 Å². The summed E-state index contributed by atoms with van der Waals surface area (Å²) in [6.07, 6.45) is -1.03. The van der Waals surface area contributed by atoms with Gasteiger partial charge in [-0.1, -0.05) is 0 Å². The Morgan fingerprint density at radius 1 is 1.55 bits per heavy atom. The number of halogens is 1. The Morgan fingerprint density at radius 3 is 2.27 bits per heavy atom. The molecule has 0 N–H and O–H groups in total. The normalized spacial score (nSPS) is 12.1. The van der Waals surface area contributed by atoms with Gasteiger partial charge in [-0.15, -0.1) is 0 Å². The van der Waals surface area contributed by atoms with Gasteiger partial charge in [-0.05, 0) is 0 Å². The quantitative estimate of drug-likeness (QED) is 0.441. The van der Waals surface area contributed by atoms with Crippen LogP contribution in [0.5, 0.6) is 0 Å². The van der Waals surface area contributed by atoms with Crippen LogP contribution in [0.4, 0.5) is 8.99 Å². The van der Waals surface area contributed by atoms with Gasteiger partial charge in [-0.25, -0.2) is 0 Å². The summed E-state index contributed by atoms with van der Waals surface area (Å²) in [4.78, 5) is 10.6. The van der Waals surface area contributed by atoms with Crippen LogP contribution in [0.3, 0.4) is 0 Å². The molecule has 3 nitrogen and oxygen atoms in total. The summed E-state index contributed by atoms with van der Waals surface area (Å²) < 4.78 is 20.6. The second-order valence-electron chi connectivity index (χ2n) is 2.78. The van der Waals surface area contributed by atoms with Gasteiger partial charge in [0.2, 0.25) is 0 Å². The van der Waals surface area contributed by atoms with Crippen LogP contribution in [0.15, 0.2) is 0 Å². The van der Waals surface area contributed by atoms with Gasteiger partial charge < -0.3 is 0 Å². The van der Waals surface area contributed by atoms with E-state index in [0.717, 1.165) is 0 Å². The molecule has 0 saturated carbocycles. The predicted octanol–water partition coefficient (Wildman–Crippen LogP) is 3.55. The van der Waals surface area contributed by atoms with Crippen molar-refractivity contribution in [2.24, 2.45) is 0 Å². The minimum atomic E-state index is -2.47. The van der Waals surface area contributed by atoms with Gasteiger partial charge in [-0.3, -0.25) is 0 Å². The molecule has 0 saturated heterocycles. The van der Waals surface area contributed by atoms with Crippen molar-refractivity contribution in [3.05, 3.63) is 0 Å². The number of hydrogen-bond donors (Lipinski definition) is 0. The Morgan fingerprint density at radius 2 is 2.00 bits per heavy atom. The van der Waals surface area contributed by atoms with Gasteiger partial charge in [0.15, 0.2) is 0 Å². The number of rotatable bonds is 0. The van der Waals surface area contributed by atoms with Crippen molar-refractivity contribution in [1.29, 1.82) is 0 Å². The zero-order chi connectivity index (χ0) is 9.07. The van der Waals surface area contributed by atoms with Crippen LogP contribution in [0.1, 0.15) is 20.8 Å². The third-order valence-electron chi connectivity index (χ3n) is 0.539. The zero-order valence-corrected chi connectivity index (χ0v) is 8.29. The summed E-state index contributed by atoms with van der Waals surface area (Å²) >= 11 is 0. The van der Waals surface area contributed by atoms with Crippen molar-refractivity contribution in [3.8, 4) is 0 Å². The average Bonchev–Trinajstić information content (AvgIpc) is 1.53. The second-order valence-corrected chi connectivity index (χ2v) is 4.36. The van der Waals surface area contributed by atoms with Crippen molar-refractivity contribution in [2.75, 3.05) is 0 Å². The molecule has 0 amide bonds. The van der Waals surface area contributed by atoms with Crippen molar-refractivity contribution in [3.63, 3.8) is 0 Å². The van der Waals surface area contributed by atoms with Crippen molar-refractivity contribution < 1.29 is 18.3 Å². The standard InChI is InChI=1S/C5H9FO3P2/c1-5(2,3)8-4(7)9-11(6)10/h1-3H3. The Kier molecular flexibility index (Phi) is 4.05. The Labute approximate surface area is 67.5 Å². The molecule has 64 valence electrons. The molecule has 0 aliphatic heterocycles. The SMILES string of the molecule is CC(C)(C)OC(=O)OP(F)#P. The van der Waals surface area contributed by atoms with Gasteiger partial charge in [0.05, 0.1) is 0 Å². The van der Waals surface area contributed by atoms with E-state index in [1.807, 2.05) is 0 Å². The summed E-state index contributed by atoms with van der Waals surface area (Å²) in [6, 6.07) is 0. The molecule has 0 heterocycles. The maximum absolute atomic E-state index is 11.9. The first-order chi connectivity index (χ1) is 4.81. The first-order valence-corrected chi connectivity index (χ1v) is 5.17. The van der Waals surface area contributed by atoms with E-state index in [4.69, 9.17) is 0 Å². The molecular weight excluding hydrogens is 189 g/mol. The molecular formula is C5H9FO3P2. The molecule has 6 heteroatoms. The molecule has 0 spiro atoms. The third-order valence-corrected chi connectivity index (χ3v) is 1.08. The second kappa shape index (κ2) is 4.08. The van der Waals surface area contributed by atoms with Crippen molar-refractivity contribution in [1.82, 2.24) is 0 Å². The topological polar surface area (TPSA) is 35.5 Å². The van der Waals surface area contributed by atoms with Gasteiger partial charge in [0.25, 0.3) is 0 Å². The molecule has 0 aromatic heterocycles. The molecule has 1 unspecified atom stereocenters. The van der Waals surface area contributed by atoms with Gasteiger partial charge >= 0.3 is 66.7 Å². The molecule has 0 fully saturated rings. The van der Waals surface area contributed by atoms with Crippen LogP contribution in [-0.2, 0) is 9.26 Å². The van der Waals surface area contributed by atoms with Gasteiger partial charge in [-0.2, -0.15) is 0 Å². The first kappa shape index (κ1) is 10.9. The van der Waals surface area contributed by atoms with Crippen LogP contribution in [-0.4, -0.2) is 11.8 Å². The maximum atomic E-state index is 11.9. The number of hydrogen-bond acceptors (Lipinski definition) is 3. The Bertz CT molecular complexity index is 212. The zero-order valence-electron chi connectivity index (χ0n) is 6.50. The fourth-order valence-electron chi connectivity index (χ4n) is 0.330. The van der Waals surface area contributed by atoms with E-state index in [9.17, 15) is 8.99 Å². The minimum absolute atomic E-state index is 0.657. The van der Waals surface area contributed by atoms with E-state index in [1.165, 1.54) is 0 Å². The Hall–Kier alpha value is -0.0700. The van der Waals surface area contributed by atoms with E-state index < -0.39 is 19.3 Å². The van der Waals surface area contributed by atoms with E-state index in [1.54, 1.807) is 20.8 Å². The van der Waals surface area contributed by atoms with E-state index in [2.05, 4.69) is 17.6 Å². The molecule has 0 bridgehead atoms. The molecule has 0 aromatic carbocycles. The van der Waals surface area contributed by atoms with Crippen LogP contribution in [0, 0.1) is 0 Å². The predicted molar refractivity (Wildman–Crippen MR) is 42.3 cm³/mol. The molecule has 0 aliphatic rings. The summed E-state index contributed by atoms with van der Waals surface area (Å²) in [5.41, 5.74) is -0.657. The summed E-state index contributed by atoms with van der Waals surface area (Å²) in [6.45, 7) is 4.98. The molecule has 0 rings (SSSR count). The molecule has 0 aromatic rings. The van der Waals surface area contributed by atoms with Crippen LogP contribution < -0.4 is 0 Å². The third kappa shape index (κ3) is 7.83. The molecule has 0 radical (unpaired) electrons. The van der Waals surface area contributed by atoms with Crippen LogP contribution in [0.2, 0.25) is 0 Å². The van der Waals surface area contributed by atoms with Crippen LogP contribution >= 0.6 is 15.9 Å². The summed E-state index contributed by atoms with van der Waals surface area (Å²) in [5, 5.41) is 0.